The first-order valence-electron chi connectivity index (χ1n) is 6.36. The molecule has 96 valence electrons. The molecule has 0 aromatic rings. The van der Waals surface area contributed by atoms with Gasteiger partial charge in [0.2, 0.25) is 0 Å². The second-order valence-electron chi connectivity index (χ2n) is 5.85. The van der Waals surface area contributed by atoms with Gasteiger partial charge in [0, 0.05) is 24.5 Å². The number of hydrogen-bond donors (Lipinski definition) is 0. The lowest BCUT2D eigenvalue weighted by atomic mass is 9.81. The molecule has 1 aliphatic rings. The molecule has 1 aliphatic heterocycles. The van der Waals surface area contributed by atoms with Crippen LogP contribution < -0.4 is 0 Å². The van der Waals surface area contributed by atoms with E-state index in [1.165, 1.54) is 13.0 Å². The van der Waals surface area contributed by atoms with Crippen molar-refractivity contribution in [2.24, 2.45) is 11.3 Å². The van der Waals surface area contributed by atoms with Gasteiger partial charge in [-0.05, 0) is 17.8 Å². The van der Waals surface area contributed by atoms with E-state index in [-0.39, 0.29) is 0 Å². The summed E-state index contributed by atoms with van der Waals surface area (Å²) in [6.07, 6.45) is 1.19. The number of ether oxygens (including phenoxy) is 1. The maximum Gasteiger partial charge on any atom is 0.0622 e. The van der Waals surface area contributed by atoms with Gasteiger partial charge in [-0.25, -0.2) is 0 Å². The number of hydrogen-bond acceptors (Lipinski definition) is 2. The minimum absolute atomic E-state index is 0.375. The van der Waals surface area contributed by atoms with E-state index in [1.54, 1.807) is 0 Å². The predicted octanol–water partition coefficient (Wildman–Crippen LogP) is 3.15. The number of nitrogens with zero attached hydrogens (tertiary/aromatic N) is 1. The molecule has 0 aromatic carbocycles. The SMILES string of the molecule is CCC1COCCN1CC(CBr)C(C)(C)C. The lowest BCUT2D eigenvalue weighted by Gasteiger charge is -2.40. The summed E-state index contributed by atoms with van der Waals surface area (Å²) in [5.74, 6) is 0.708. The highest BCUT2D eigenvalue weighted by Gasteiger charge is 2.29. The molecule has 0 N–H and O–H groups in total. The van der Waals surface area contributed by atoms with Crippen LogP contribution in [0.5, 0.6) is 0 Å². The molecular weight excluding hydrogens is 266 g/mol. The molecular formula is C13H26BrNO. The van der Waals surface area contributed by atoms with E-state index in [9.17, 15) is 0 Å². The molecule has 0 saturated carbocycles. The summed E-state index contributed by atoms with van der Waals surface area (Å²) in [7, 11) is 0. The number of morpholine rings is 1. The zero-order valence-corrected chi connectivity index (χ0v) is 12.7. The number of alkyl halides is 1. The maximum atomic E-state index is 5.55. The summed E-state index contributed by atoms with van der Waals surface area (Å²) >= 11 is 3.66. The van der Waals surface area contributed by atoms with Crippen molar-refractivity contribution in [1.82, 2.24) is 4.90 Å². The van der Waals surface area contributed by atoms with Crippen molar-refractivity contribution in [2.45, 2.75) is 40.2 Å². The Morgan fingerprint density at radius 2 is 2.12 bits per heavy atom. The Balaban J connectivity index is 2.55. The molecule has 0 aliphatic carbocycles. The van der Waals surface area contributed by atoms with Crippen LogP contribution in [0.4, 0.5) is 0 Å². The summed E-state index contributed by atoms with van der Waals surface area (Å²) in [6, 6.07) is 0.623. The van der Waals surface area contributed by atoms with Gasteiger partial charge in [-0.2, -0.15) is 0 Å². The van der Waals surface area contributed by atoms with E-state index < -0.39 is 0 Å². The van der Waals surface area contributed by atoms with Crippen molar-refractivity contribution in [3.8, 4) is 0 Å². The zero-order valence-electron chi connectivity index (χ0n) is 11.1. The first-order chi connectivity index (χ1) is 7.49. The van der Waals surface area contributed by atoms with Crippen molar-refractivity contribution >= 4 is 15.9 Å². The first kappa shape index (κ1) is 14.5. The molecule has 0 bridgehead atoms. The van der Waals surface area contributed by atoms with Crippen LogP contribution in [0.1, 0.15) is 34.1 Å². The summed E-state index contributed by atoms with van der Waals surface area (Å²) in [5.41, 5.74) is 0.375. The third-order valence-corrected chi connectivity index (χ3v) is 4.47. The van der Waals surface area contributed by atoms with Crippen LogP contribution in [0.2, 0.25) is 0 Å². The highest BCUT2D eigenvalue weighted by molar-refractivity contribution is 9.09. The standard InChI is InChI=1S/C13H26BrNO/c1-5-12-10-16-7-6-15(12)9-11(8-14)13(2,3)4/h11-12H,5-10H2,1-4H3. The van der Waals surface area contributed by atoms with Crippen molar-refractivity contribution in [2.75, 3.05) is 31.6 Å². The minimum atomic E-state index is 0.375. The average molecular weight is 292 g/mol. The van der Waals surface area contributed by atoms with E-state index in [4.69, 9.17) is 4.74 Å². The first-order valence-corrected chi connectivity index (χ1v) is 7.49. The quantitative estimate of drug-likeness (QED) is 0.738. The Bertz CT molecular complexity index is 203. The van der Waals surface area contributed by atoms with Gasteiger partial charge in [-0.15, -0.1) is 0 Å². The Kier molecular flexibility index (Phi) is 5.75. The van der Waals surface area contributed by atoms with Gasteiger partial charge < -0.3 is 4.74 Å². The van der Waals surface area contributed by atoms with E-state index in [0.29, 0.717) is 17.4 Å². The fourth-order valence-electron chi connectivity index (χ4n) is 2.14. The third-order valence-electron chi connectivity index (χ3n) is 3.69. The highest BCUT2D eigenvalue weighted by atomic mass is 79.9. The summed E-state index contributed by atoms with van der Waals surface area (Å²) in [4.78, 5) is 2.61. The smallest absolute Gasteiger partial charge is 0.0622 e. The van der Waals surface area contributed by atoms with E-state index in [1.807, 2.05) is 0 Å². The van der Waals surface area contributed by atoms with Crippen molar-refractivity contribution in [1.29, 1.82) is 0 Å². The molecule has 2 nitrogen and oxygen atoms in total. The molecule has 3 heteroatoms. The Labute approximate surface area is 109 Å². The Morgan fingerprint density at radius 1 is 1.44 bits per heavy atom. The van der Waals surface area contributed by atoms with E-state index in [0.717, 1.165) is 25.1 Å². The van der Waals surface area contributed by atoms with Crippen LogP contribution in [-0.2, 0) is 4.74 Å². The van der Waals surface area contributed by atoms with Crippen LogP contribution in [0.25, 0.3) is 0 Å². The van der Waals surface area contributed by atoms with Crippen LogP contribution in [-0.4, -0.2) is 42.6 Å². The fourth-order valence-corrected chi connectivity index (χ4v) is 3.32. The number of rotatable bonds is 4. The van der Waals surface area contributed by atoms with Crippen molar-refractivity contribution in [3.63, 3.8) is 0 Å². The fraction of sp³-hybridized carbons (Fsp3) is 1.00. The van der Waals surface area contributed by atoms with Gasteiger partial charge in [0.25, 0.3) is 0 Å². The highest BCUT2D eigenvalue weighted by Crippen LogP contribution is 2.29. The Hall–Kier alpha value is 0.400. The van der Waals surface area contributed by atoms with Crippen LogP contribution in [0.15, 0.2) is 0 Å². The molecule has 1 rings (SSSR count). The maximum absolute atomic E-state index is 5.55. The monoisotopic (exact) mass is 291 g/mol. The molecule has 2 atom stereocenters. The lowest BCUT2D eigenvalue weighted by molar-refractivity contribution is -0.0211. The largest absolute Gasteiger partial charge is 0.378 e. The molecule has 16 heavy (non-hydrogen) atoms. The van der Waals surface area contributed by atoms with Crippen molar-refractivity contribution < 1.29 is 4.74 Å². The normalized spacial score (nSPS) is 25.7. The summed E-state index contributed by atoms with van der Waals surface area (Å²) < 4.78 is 5.55. The molecule has 1 fully saturated rings. The van der Waals surface area contributed by atoms with E-state index in [2.05, 4.69) is 48.5 Å². The summed E-state index contributed by atoms with van der Waals surface area (Å²) in [5, 5.41) is 1.09. The van der Waals surface area contributed by atoms with Crippen LogP contribution >= 0.6 is 15.9 Å². The van der Waals surface area contributed by atoms with Gasteiger partial charge in [-0.3, -0.25) is 4.90 Å². The summed E-state index contributed by atoms with van der Waals surface area (Å²) in [6.45, 7) is 13.4. The molecule has 0 amide bonds. The minimum Gasteiger partial charge on any atom is -0.378 e. The van der Waals surface area contributed by atoms with Gasteiger partial charge in [0.05, 0.1) is 13.2 Å². The topological polar surface area (TPSA) is 12.5 Å². The Morgan fingerprint density at radius 3 is 2.62 bits per heavy atom. The van der Waals surface area contributed by atoms with Crippen LogP contribution in [0.3, 0.4) is 0 Å². The second-order valence-corrected chi connectivity index (χ2v) is 6.50. The molecule has 1 heterocycles. The van der Waals surface area contributed by atoms with Gasteiger partial charge in [-0.1, -0.05) is 43.6 Å². The molecule has 2 unspecified atom stereocenters. The van der Waals surface area contributed by atoms with Gasteiger partial charge in [0.1, 0.15) is 0 Å². The predicted molar refractivity (Wildman–Crippen MR) is 73.2 cm³/mol. The lowest BCUT2D eigenvalue weighted by Crippen LogP contribution is -2.49. The van der Waals surface area contributed by atoms with E-state index >= 15 is 0 Å². The third kappa shape index (κ3) is 4.01. The average Bonchev–Trinajstić information content (AvgIpc) is 2.24. The van der Waals surface area contributed by atoms with Gasteiger partial charge in [0.15, 0.2) is 0 Å². The number of halogens is 1. The zero-order chi connectivity index (χ0) is 12.2. The van der Waals surface area contributed by atoms with Gasteiger partial charge >= 0.3 is 0 Å². The van der Waals surface area contributed by atoms with Crippen LogP contribution in [0, 0.1) is 11.3 Å². The van der Waals surface area contributed by atoms with Crippen molar-refractivity contribution in [3.05, 3.63) is 0 Å². The molecule has 1 saturated heterocycles. The molecule has 0 spiro atoms. The molecule has 0 aromatic heterocycles. The second kappa shape index (κ2) is 6.36. The molecule has 0 radical (unpaired) electrons.